The number of carboxylic acid groups (broad SMARTS) is 1. The summed E-state index contributed by atoms with van der Waals surface area (Å²) in [4.78, 5) is 11.1. The topological polar surface area (TPSA) is 92.7 Å². The number of nitrogens with one attached hydrogen (secondary N) is 1. The van der Waals surface area contributed by atoms with Crippen LogP contribution in [-0.2, 0) is 14.8 Å². The average molecular weight is 413 g/mol. The van der Waals surface area contributed by atoms with Gasteiger partial charge in [0.25, 0.3) is 0 Å². The molecule has 0 heterocycles. The van der Waals surface area contributed by atoms with Crippen molar-refractivity contribution >= 4 is 44.3 Å². The highest BCUT2D eigenvalue weighted by molar-refractivity contribution is 14.1. The summed E-state index contributed by atoms with van der Waals surface area (Å²) in [7, 11) is -3.64. The normalized spacial score (nSPS) is 11.6. The number of hydrogen-bond donors (Lipinski definition) is 2. The van der Waals surface area contributed by atoms with Gasteiger partial charge in [-0.1, -0.05) is 0 Å². The summed E-state index contributed by atoms with van der Waals surface area (Å²) in [5.74, 6) is -1.41. The van der Waals surface area contributed by atoms with Crippen LogP contribution in [0.15, 0.2) is 18.2 Å². The van der Waals surface area contributed by atoms with E-state index in [4.69, 9.17) is 9.84 Å². The van der Waals surface area contributed by atoms with Gasteiger partial charge in [-0.05, 0) is 54.6 Å². The van der Waals surface area contributed by atoms with Crippen LogP contribution >= 0.6 is 22.6 Å². The molecule has 0 saturated heterocycles. The van der Waals surface area contributed by atoms with Gasteiger partial charge in [0, 0.05) is 3.57 Å². The molecule has 0 aliphatic carbocycles. The smallest absolute Gasteiger partial charge is 0.337 e. The molecule has 1 rings (SSSR count). The van der Waals surface area contributed by atoms with Crippen LogP contribution in [0.1, 0.15) is 24.2 Å². The van der Waals surface area contributed by atoms with E-state index in [2.05, 4.69) is 4.72 Å². The SMILES string of the molecule is CC(C)OCCS(=O)(=O)Nc1ccc(I)cc1C(=O)O. The lowest BCUT2D eigenvalue weighted by molar-refractivity contribution is 0.0698. The van der Waals surface area contributed by atoms with E-state index in [1.54, 1.807) is 6.07 Å². The van der Waals surface area contributed by atoms with Gasteiger partial charge in [-0.15, -0.1) is 0 Å². The van der Waals surface area contributed by atoms with Gasteiger partial charge >= 0.3 is 5.97 Å². The summed E-state index contributed by atoms with van der Waals surface area (Å²) in [6.07, 6.45) is -0.0573. The van der Waals surface area contributed by atoms with Gasteiger partial charge in [0.05, 0.1) is 29.7 Å². The Morgan fingerprint density at radius 3 is 2.65 bits per heavy atom. The summed E-state index contributed by atoms with van der Waals surface area (Å²) in [5.41, 5.74) is -0.0206. The van der Waals surface area contributed by atoms with E-state index >= 15 is 0 Å². The zero-order valence-electron chi connectivity index (χ0n) is 11.1. The van der Waals surface area contributed by atoms with E-state index in [0.717, 1.165) is 0 Å². The van der Waals surface area contributed by atoms with Crippen molar-refractivity contribution < 1.29 is 23.1 Å². The largest absolute Gasteiger partial charge is 0.478 e. The molecule has 112 valence electrons. The highest BCUT2D eigenvalue weighted by Gasteiger charge is 2.17. The lowest BCUT2D eigenvalue weighted by atomic mass is 10.2. The maximum atomic E-state index is 11.9. The lowest BCUT2D eigenvalue weighted by Crippen LogP contribution is -2.22. The lowest BCUT2D eigenvalue weighted by Gasteiger charge is -2.12. The summed E-state index contributed by atoms with van der Waals surface area (Å²) in [5, 5.41) is 9.07. The van der Waals surface area contributed by atoms with Crippen molar-refractivity contribution in [2.75, 3.05) is 17.1 Å². The van der Waals surface area contributed by atoms with E-state index in [0.29, 0.717) is 3.57 Å². The van der Waals surface area contributed by atoms with Gasteiger partial charge < -0.3 is 9.84 Å². The summed E-state index contributed by atoms with van der Waals surface area (Å²) in [6, 6.07) is 4.48. The van der Waals surface area contributed by atoms with Crippen molar-refractivity contribution in [1.82, 2.24) is 0 Å². The predicted octanol–water partition coefficient (Wildman–Crippen LogP) is 2.16. The molecule has 8 heteroatoms. The van der Waals surface area contributed by atoms with E-state index in [1.165, 1.54) is 12.1 Å². The number of anilines is 1. The molecule has 0 aliphatic rings. The van der Waals surface area contributed by atoms with Crippen LogP contribution in [0.3, 0.4) is 0 Å². The van der Waals surface area contributed by atoms with Crippen LogP contribution in [0, 0.1) is 3.57 Å². The van der Waals surface area contributed by atoms with Gasteiger partial charge in [-0.3, -0.25) is 4.72 Å². The molecule has 2 N–H and O–H groups in total. The van der Waals surface area contributed by atoms with E-state index in [1.807, 2.05) is 36.4 Å². The molecule has 0 saturated carbocycles. The molecule has 0 atom stereocenters. The Bertz CT molecular complexity index is 586. The molecule has 0 amide bonds. The number of carbonyl (C=O) groups is 1. The fourth-order valence-corrected chi connectivity index (χ4v) is 2.82. The number of sulfonamides is 1. The van der Waals surface area contributed by atoms with Gasteiger partial charge in [0.15, 0.2) is 0 Å². The molecule has 0 fully saturated rings. The number of hydrogen-bond acceptors (Lipinski definition) is 4. The highest BCUT2D eigenvalue weighted by atomic mass is 127. The van der Waals surface area contributed by atoms with Crippen LogP contribution in [0.5, 0.6) is 0 Å². The molecule has 0 aromatic heterocycles. The number of rotatable bonds is 7. The quantitative estimate of drug-likeness (QED) is 0.669. The fraction of sp³-hybridized carbons (Fsp3) is 0.417. The maximum absolute atomic E-state index is 11.9. The zero-order chi connectivity index (χ0) is 15.3. The summed E-state index contributed by atoms with van der Waals surface area (Å²) < 4.78 is 31.9. The molecule has 20 heavy (non-hydrogen) atoms. The number of halogens is 1. The first-order valence-electron chi connectivity index (χ1n) is 5.86. The van der Waals surface area contributed by atoms with Crippen molar-refractivity contribution in [2.24, 2.45) is 0 Å². The monoisotopic (exact) mass is 413 g/mol. The van der Waals surface area contributed by atoms with Crippen LogP contribution < -0.4 is 4.72 Å². The standard InChI is InChI=1S/C12H16INO5S/c1-8(2)19-5-6-20(17,18)14-11-4-3-9(13)7-10(11)12(15)16/h3-4,7-8,14H,5-6H2,1-2H3,(H,15,16). The molecule has 0 spiro atoms. The minimum absolute atomic E-state index is 0.0553. The number of carboxylic acids is 1. The van der Waals surface area contributed by atoms with Crippen LogP contribution in [-0.4, -0.2) is 38.0 Å². The highest BCUT2D eigenvalue weighted by Crippen LogP contribution is 2.20. The minimum atomic E-state index is -3.64. The second-order valence-electron chi connectivity index (χ2n) is 4.34. The first kappa shape index (κ1) is 17.2. The molecule has 1 aromatic rings. The summed E-state index contributed by atoms with van der Waals surface area (Å²) in [6.45, 7) is 3.67. The summed E-state index contributed by atoms with van der Waals surface area (Å²) >= 11 is 1.96. The van der Waals surface area contributed by atoms with Crippen molar-refractivity contribution in [3.8, 4) is 0 Å². The third-order valence-electron chi connectivity index (χ3n) is 2.28. The Labute approximate surface area is 131 Å². The first-order valence-corrected chi connectivity index (χ1v) is 8.59. The first-order chi connectivity index (χ1) is 9.21. The molecular formula is C12H16INO5S. The molecule has 0 unspecified atom stereocenters. The van der Waals surface area contributed by atoms with Crippen LogP contribution in [0.4, 0.5) is 5.69 Å². The fourth-order valence-electron chi connectivity index (χ4n) is 1.39. The Morgan fingerprint density at radius 2 is 2.10 bits per heavy atom. The van der Waals surface area contributed by atoms with Gasteiger partial charge in [0.2, 0.25) is 10.0 Å². The van der Waals surface area contributed by atoms with E-state index < -0.39 is 16.0 Å². The molecule has 0 bridgehead atoms. The average Bonchev–Trinajstić information content (AvgIpc) is 2.30. The Hall–Kier alpha value is -0.870. The van der Waals surface area contributed by atoms with Crippen molar-refractivity contribution in [3.63, 3.8) is 0 Å². The number of ether oxygens (including phenoxy) is 1. The van der Waals surface area contributed by atoms with E-state index in [-0.39, 0.29) is 29.7 Å². The van der Waals surface area contributed by atoms with Crippen molar-refractivity contribution in [2.45, 2.75) is 20.0 Å². The Kier molecular flexibility index (Phi) is 6.21. The molecule has 0 radical (unpaired) electrons. The second-order valence-corrected chi connectivity index (χ2v) is 7.42. The second kappa shape index (κ2) is 7.23. The van der Waals surface area contributed by atoms with Gasteiger partial charge in [-0.2, -0.15) is 0 Å². The van der Waals surface area contributed by atoms with Gasteiger partial charge in [0.1, 0.15) is 0 Å². The molecule has 0 aliphatic heterocycles. The number of benzene rings is 1. The number of aromatic carboxylic acids is 1. The van der Waals surface area contributed by atoms with E-state index in [9.17, 15) is 13.2 Å². The van der Waals surface area contributed by atoms with Crippen molar-refractivity contribution in [1.29, 1.82) is 0 Å². The molecule has 1 aromatic carbocycles. The predicted molar refractivity (Wildman–Crippen MR) is 84.6 cm³/mol. The molecular weight excluding hydrogens is 397 g/mol. The third-order valence-corrected chi connectivity index (χ3v) is 4.19. The Morgan fingerprint density at radius 1 is 1.45 bits per heavy atom. The molecule has 6 nitrogen and oxygen atoms in total. The van der Waals surface area contributed by atoms with Crippen LogP contribution in [0.25, 0.3) is 0 Å². The Balaban J connectivity index is 2.84. The third kappa shape index (κ3) is 5.63. The zero-order valence-corrected chi connectivity index (χ0v) is 14.1. The minimum Gasteiger partial charge on any atom is -0.478 e. The van der Waals surface area contributed by atoms with Crippen molar-refractivity contribution in [3.05, 3.63) is 27.3 Å². The van der Waals surface area contributed by atoms with Crippen LogP contribution in [0.2, 0.25) is 0 Å². The van der Waals surface area contributed by atoms with Gasteiger partial charge in [-0.25, -0.2) is 13.2 Å². The maximum Gasteiger partial charge on any atom is 0.337 e.